The molecule has 0 aromatic heterocycles. The molecule has 0 bridgehead atoms. The highest BCUT2D eigenvalue weighted by Crippen LogP contribution is 2.23. The molecule has 0 radical (unpaired) electrons. The summed E-state index contributed by atoms with van der Waals surface area (Å²) in [5.41, 5.74) is -0.0158. The minimum atomic E-state index is -2.81. The molecule has 0 saturated carbocycles. The zero-order valence-electron chi connectivity index (χ0n) is 8.95. The number of para-hydroxylation sites is 1. The van der Waals surface area contributed by atoms with Gasteiger partial charge in [-0.1, -0.05) is 18.2 Å². The summed E-state index contributed by atoms with van der Waals surface area (Å²) in [7, 11) is 0. The second-order valence-corrected chi connectivity index (χ2v) is 3.57. The summed E-state index contributed by atoms with van der Waals surface area (Å²) in [4.78, 5) is 0. The zero-order chi connectivity index (χ0) is 12.3. The number of aliphatic hydroxyl groups is 3. The van der Waals surface area contributed by atoms with Crippen molar-refractivity contribution in [2.24, 2.45) is 0 Å². The van der Waals surface area contributed by atoms with Gasteiger partial charge in [-0.05, 0) is 36.4 Å². The quantitative estimate of drug-likeness (QED) is 0.702. The number of hydrogen-bond acceptors (Lipinski definition) is 4. The van der Waals surface area contributed by atoms with E-state index in [1.165, 1.54) is 12.1 Å². The third kappa shape index (κ3) is 3.04. The van der Waals surface area contributed by atoms with Crippen LogP contribution in [-0.4, -0.2) is 15.3 Å². The van der Waals surface area contributed by atoms with E-state index in [1.807, 2.05) is 30.3 Å². The van der Waals surface area contributed by atoms with Crippen molar-refractivity contribution in [2.75, 3.05) is 0 Å². The Hall–Kier alpha value is -1.88. The van der Waals surface area contributed by atoms with Gasteiger partial charge in [-0.2, -0.15) is 0 Å². The van der Waals surface area contributed by atoms with Gasteiger partial charge in [0.2, 0.25) is 0 Å². The van der Waals surface area contributed by atoms with Crippen molar-refractivity contribution in [3.8, 4) is 11.5 Å². The van der Waals surface area contributed by atoms with Crippen molar-refractivity contribution in [3.63, 3.8) is 0 Å². The molecule has 0 amide bonds. The van der Waals surface area contributed by atoms with Crippen LogP contribution in [-0.2, 0) is 5.97 Å². The van der Waals surface area contributed by atoms with Crippen LogP contribution in [0.4, 0.5) is 0 Å². The number of ether oxygens (including phenoxy) is 1. The van der Waals surface area contributed by atoms with Crippen molar-refractivity contribution in [1.29, 1.82) is 0 Å². The summed E-state index contributed by atoms with van der Waals surface area (Å²) in [6.45, 7) is 0. The molecule has 0 aliphatic heterocycles. The highest BCUT2D eigenvalue weighted by atomic mass is 16.7. The average molecular weight is 232 g/mol. The van der Waals surface area contributed by atoms with E-state index in [-0.39, 0.29) is 5.56 Å². The molecule has 0 saturated heterocycles. The fraction of sp³-hybridized carbons (Fsp3) is 0.0769. The molecule has 4 heteroatoms. The average Bonchev–Trinajstić information content (AvgIpc) is 2.30. The topological polar surface area (TPSA) is 69.9 Å². The summed E-state index contributed by atoms with van der Waals surface area (Å²) in [5.74, 6) is -1.58. The van der Waals surface area contributed by atoms with E-state index in [9.17, 15) is 0 Å². The predicted molar refractivity (Wildman–Crippen MR) is 61.3 cm³/mol. The Morgan fingerprint density at radius 1 is 0.706 bits per heavy atom. The molecule has 2 rings (SSSR count). The molecule has 17 heavy (non-hydrogen) atoms. The van der Waals surface area contributed by atoms with Crippen LogP contribution in [0.15, 0.2) is 54.6 Å². The summed E-state index contributed by atoms with van der Waals surface area (Å²) < 4.78 is 5.50. The molecule has 0 aliphatic rings. The van der Waals surface area contributed by atoms with Crippen LogP contribution < -0.4 is 4.74 Å². The molecule has 2 aromatic carbocycles. The van der Waals surface area contributed by atoms with E-state index in [4.69, 9.17) is 20.1 Å². The van der Waals surface area contributed by atoms with Gasteiger partial charge < -0.3 is 20.1 Å². The Kier molecular flexibility index (Phi) is 3.10. The first kappa shape index (κ1) is 11.6. The Morgan fingerprint density at radius 2 is 1.24 bits per heavy atom. The standard InChI is InChI=1S/C13H12O4/c14-13(15,16)10-6-8-12(9-7-10)17-11-4-2-1-3-5-11/h1-9,14-16H. The summed E-state index contributed by atoms with van der Waals surface area (Å²) in [6.07, 6.45) is 0. The Labute approximate surface area is 98.3 Å². The molecule has 0 heterocycles. The number of benzene rings is 2. The maximum absolute atomic E-state index is 8.94. The molecule has 0 spiro atoms. The monoisotopic (exact) mass is 232 g/mol. The van der Waals surface area contributed by atoms with Crippen molar-refractivity contribution in [1.82, 2.24) is 0 Å². The first-order valence-corrected chi connectivity index (χ1v) is 5.06. The van der Waals surface area contributed by atoms with Crippen molar-refractivity contribution >= 4 is 0 Å². The minimum Gasteiger partial charge on any atom is -0.457 e. The van der Waals surface area contributed by atoms with Gasteiger partial charge in [0.1, 0.15) is 11.5 Å². The van der Waals surface area contributed by atoms with Crippen molar-refractivity contribution in [3.05, 3.63) is 60.2 Å². The van der Waals surface area contributed by atoms with Crippen LogP contribution in [0.25, 0.3) is 0 Å². The summed E-state index contributed by atoms with van der Waals surface area (Å²) >= 11 is 0. The van der Waals surface area contributed by atoms with Gasteiger partial charge >= 0.3 is 5.97 Å². The lowest BCUT2D eigenvalue weighted by molar-refractivity contribution is -0.323. The Morgan fingerprint density at radius 3 is 1.76 bits per heavy atom. The second kappa shape index (κ2) is 4.55. The lowest BCUT2D eigenvalue weighted by atomic mass is 10.2. The third-order valence-corrected chi connectivity index (χ3v) is 2.22. The van der Waals surface area contributed by atoms with Crippen LogP contribution in [0, 0.1) is 0 Å². The van der Waals surface area contributed by atoms with Crippen LogP contribution in [0.5, 0.6) is 11.5 Å². The van der Waals surface area contributed by atoms with E-state index in [1.54, 1.807) is 12.1 Å². The number of hydrogen-bond donors (Lipinski definition) is 3. The van der Waals surface area contributed by atoms with Crippen LogP contribution >= 0.6 is 0 Å². The fourth-order valence-electron chi connectivity index (χ4n) is 1.37. The number of rotatable bonds is 3. The first-order chi connectivity index (χ1) is 8.05. The summed E-state index contributed by atoms with van der Waals surface area (Å²) in [5, 5.41) is 26.8. The van der Waals surface area contributed by atoms with Crippen LogP contribution in [0.2, 0.25) is 0 Å². The molecule has 3 N–H and O–H groups in total. The lowest BCUT2D eigenvalue weighted by Gasteiger charge is -2.14. The van der Waals surface area contributed by atoms with E-state index < -0.39 is 5.97 Å². The molecule has 4 nitrogen and oxygen atoms in total. The Balaban J connectivity index is 2.14. The molecule has 0 atom stereocenters. The smallest absolute Gasteiger partial charge is 0.304 e. The van der Waals surface area contributed by atoms with Gasteiger partial charge in [-0.15, -0.1) is 0 Å². The normalized spacial score (nSPS) is 11.2. The van der Waals surface area contributed by atoms with Gasteiger partial charge in [0.15, 0.2) is 0 Å². The molecule has 2 aromatic rings. The van der Waals surface area contributed by atoms with E-state index in [0.29, 0.717) is 11.5 Å². The van der Waals surface area contributed by atoms with Gasteiger partial charge in [0.05, 0.1) is 0 Å². The van der Waals surface area contributed by atoms with E-state index in [0.717, 1.165) is 0 Å². The van der Waals surface area contributed by atoms with E-state index in [2.05, 4.69) is 0 Å². The molecular formula is C13H12O4. The maximum atomic E-state index is 8.94. The molecule has 88 valence electrons. The van der Waals surface area contributed by atoms with Gasteiger partial charge in [-0.3, -0.25) is 0 Å². The van der Waals surface area contributed by atoms with Gasteiger partial charge in [-0.25, -0.2) is 0 Å². The summed E-state index contributed by atoms with van der Waals surface area (Å²) in [6, 6.07) is 15.0. The second-order valence-electron chi connectivity index (χ2n) is 3.57. The molecular weight excluding hydrogens is 220 g/mol. The zero-order valence-corrected chi connectivity index (χ0v) is 8.95. The highest BCUT2D eigenvalue weighted by Gasteiger charge is 2.21. The minimum absolute atomic E-state index is 0.0158. The largest absolute Gasteiger partial charge is 0.457 e. The van der Waals surface area contributed by atoms with Crippen molar-refractivity contribution in [2.45, 2.75) is 5.97 Å². The Bertz CT molecular complexity index is 471. The van der Waals surface area contributed by atoms with Crippen LogP contribution in [0.1, 0.15) is 5.56 Å². The fourth-order valence-corrected chi connectivity index (χ4v) is 1.37. The SMILES string of the molecule is OC(O)(O)c1ccc(Oc2ccccc2)cc1. The predicted octanol–water partition coefficient (Wildman–Crippen LogP) is 1.57. The van der Waals surface area contributed by atoms with Crippen LogP contribution in [0.3, 0.4) is 0 Å². The van der Waals surface area contributed by atoms with Crippen molar-refractivity contribution < 1.29 is 20.1 Å². The first-order valence-electron chi connectivity index (χ1n) is 5.06. The third-order valence-electron chi connectivity index (χ3n) is 2.22. The highest BCUT2D eigenvalue weighted by molar-refractivity contribution is 5.33. The molecule has 0 unspecified atom stereocenters. The molecule has 0 aliphatic carbocycles. The van der Waals surface area contributed by atoms with Gasteiger partial charge in [0.25, 0.3) is 0 Å². The van der Waals surface area contributed by atoms with E-state index >= 15 is 0 Å². The maximum Gasteiger partial charge on any atom is 0.304 e. The molecule has 0 fully saturated rings. The van der Waals surface area contributed by atoms with Gasteiger partial charge in [0, 0.05) is 5.56 Å². The lowest BCUT2D eigenvalue weighted by Crippen LogP contribution is -2.23.